The molecule has 150 valence electrons. The van der Waals surface area contributed by atoms with Gasteiger partial charge >= 0.3 is 0 Å². The first-order valence-electron chi connectivity index (χ1n) is 9.76. The van der Waals surface area contributed by atoms with Crippen LogP contribution in [-0.2, 0) is 6.42 Å². The summed E-state index contributed by atoms with van der Waals surface area (Å²) in [5.74, 6) is 1.48. The fourth-order valence-electron chi connectivity index (χ4n) is 3.62. The van der Waals surface area contributed by atoms with E-state index in [1.807, 2.05) is 12.1 Å². The molecule has 1 aromatic heterocycles. The first kappa shape index (κ1) is 21.9. The van der Waals surface area contributed by atoms with Gasteiger partial charge in [-0.15, -0.1) is 12.4 Å². The van der Waals surface area contributed by atoms with Gasteiger partial charge in [-0.25, -0.2) is 4.98 Å². The second-order valence-electron chi connectivity index (χ2n) is 6.96. The third-order valence-corrected chi connectivity index (χ3v) is 4.90. The fraction of sp³-hybridized carbons (Fsp3) is 0.476. The number of aryl methyl sites for hydroxylation is 1. The highest BCUT2D eigenvalue weighted by Crippen LogP contribution is 2.27. The molecule has 1 saturated heterocycles. The van der Waals surface area contributed by atoms with Crippen molar-refractivity contribution in [2.45, 2.75) is 51.5 Å². The molecule has 2 heterocycles. The van der Waals surface area contributed by atoms with Crippen LogP contribution in [0.2, 0.25) is 0 Å². The Morgan fingerprint density at radius 3 is 2.89 bits per heavy atom. The number of aliphatic hydroxyl groups is 1. The Morgan fingerprint density at radius 1 is 1.29 bits per heavy atom. The maximum absolute atomic E-state index is 9.42. The van der Waals surface area contributed by atoms with Crippen molar-refractivity contribution in [3.05, 3.63) is 41.6 Å². The maximum atomic E-state index is 9.42. The van der Waals surface area contributed by atoms with Crippen LogP contribution in [0.25, 0.3) is 0 Å². The molecule has 0 bridgehead atoms. The summed E-state index contributed by atoms with van der Waals surface area (Å²) in [7, 11) is 0. The molecular formula is C21H28ClN5O. The number of nitrogens with zero attached hydrogens (tertiary/aromatic N) is 4. The van der Waals surface area contributed by atoms with Crippen LogP contribution in [0.4, 0.5) is 17.5 Å². The van der Waals surface area contributed by atoms with Crippen molar-refractivity contribution in [1.82, 2.24) is 9.97 Å². The standard InChI is InChI=1S/C21H27N5O.ClH/c1-2-6-17-14-20(26-11-4-3-9-19(26)10-12-27)25-21(23-17)24-18-8-5-7-16(13-18)15-22;/h5,7-8,13-14,19,27H,2-4,6,9-12H2,1H3,(H,23,24,25);1H. The van der Waals surface area contributed by atoms with Crippen molar-refractivity contribution < 1.29 is 5.11 Å². The zero-order valence-corrected chi connectivity index (χ0v) is 17.1. The number of nitrogens with one attached hydrogen (secondary N) is 1. The monoisotopic (exact) mass is 401 g/mol. The Hall–Kier alpha value is -2.36. The van der Waals surface area contributed by atoms with Gasteiger partial charge in [-0.1, -0.05) is 19.4 Å². The number of hydrogen-bond donors (Lipinski definition) is 2. The quantitative estimate of drug-likeness (QED) is 0.722. The number of nitriles is 1. The van der Waals surface area contributed by atoms with E-state index >= 15 is 0 Å². The highest BCUT2D eigenvalue weighted by molar-refractivity contribution is 5.85. The molecule has 0 radical (unpaired) electrons. The number of piperidine rings is 1. The van der Waals surface area contributed by atoms with E-state index in [4.69, 9.17) is 10.2 Å². The summed E-state index contributed by atoms with van der Waals surface area (Å²) in [6.45, 7) is 3.29. The summed E-state index contributed by atoms with van der Waals surface area (Å²) in [6, 6.07) is 11.9. The van der Waals surface area contributed by atoms with E-state index in [1.54, 1.807) is 12.1 Å². The number of aromatic nitrogens is 2. The topological polar surface area (TPSA) is 85.1 Å². The summed E-state index contributed by atoms with van der Waals surface area (Å²) < 4.78 is 0. The van der Waals surface area contributed by atoms with Gasteiger partial charge in [0.1, 0.15) is 5.82 Å². The molecule has 0 spiro atoms. The Morgan fingerprint density at radius 2 is 2.14 bits per heavy atom. The molecule has 1 aliphatic rings. The minimum atomic E-state index is 0. The van der Waals surface area contributed by atoms with Gasteiger partial charge in [0.2, 0.25) is 5.95 Å². The van der Waals surface area contributed by atoms with Gasteiger partial charge < -0.3 is 15.3 Å². The number of halogens is 1. The Balaban J connectivity index is 0.00000280. The zero-order valence-electron chi connectivity index (χ0n) is 16.3. The molecule has 1 aromatic carbocycles. The Kier molecular flexibility index (Phi) is 8.49. The van der Waals surface area contributed by atoms with E-state index in [9.17, 15) is 5.11 Å². The van der Waals surface area contributed by atoms with Gasteiger partial charge in [-0.05, 0) is 50.3 Å². The van der Waals surface area contributed by atoms with E-state index in [2.05, 4.69) is 34.3 Å². The molecule has 1 fully saturated rings. The van der Waals surface area contributed by atoms with E-state index in [1.165, 1.54) is 6.42 Å². The lowest BCUT2D eigenvalue weighted by Crippen LogP contribution is -2.40. The maximum Gasteiger partial charge on any atom is 0.229 e. The zero-order chi connectivity index (χ0) is 19.1. The number of anilines is 3. The van der Waals surface area contributed by atoms with Crippen molar-refractivity contribution in [3.63, 3.8) is 0 Å². The predicted molar refractivity (Wildman–Crippen MR) is 114 cm³/mol. The summed E-state index contributed by atoms with van der Waals surface area (Å²) in [5, 5.41) is 21.8. The largest absolute Gasteiger partial charge is 0.396 e. The van der Waals surface area contributed by atoms with Crippen LogP contribution in [0, 0.1) is 11.3 Å². The van der Waals surface area contributed by atoms with E-state index in [0.29, 0.717) is 17.6 Å². The summed E-state index contributed by atoms with van der Waals surface area (Å²) >= 11 is 0. The second-order valence-corrected chi connectivity index (χ2v) is 6.96. The van der Waals surface area contributed by atoms with Crippen molar-refractivity contribution in [2.75, 3.05) is 23.4 Å². The van der Waals surface area contributed by atoms with Gasteiger partial charge in [0.05, 0.1) is 11.6 Å². The van der Waals surface area contributed by atoms with Crippen molar-refractivity contribution in [2.24, 2.45) is 0 Å². The molecule has 1 aliphatic heterocycles. The third-order valence-electron chi connectivity index (χ3n) is 4.90. The molecule has 0 aliphatic carbocycles. The second kappa shape index (κ2) is 10.8. The van der Waals surface area contributed by atoms with Gasteiger partial charge in [-0.3, -0.25) is 0 Å². The molecule has 0 saturated carbocycles. The molecule has 7 heteroatoms. The lowest BCUT2D eigenvalue weighted by atomic mass is 9.99. The van der Waals surface area contributed by atoms with Crippen LogP contribution >= 0.6 is 12.4 Å². The van der Waals surface area contributed by atoms with Crippen molar-refractivity contribution in [3.8, 4) is 6.07 Å². The average molecular weight is 402 g/mol. The molecule has 2 N–H and O–H groups in total. The highest BCUT2D eigenvalue weighted by Gasteiger charge is 2.24. The van der Waals surface area contributed by atoms with Gasteiger partial charge in [0.15, 0.2) is 0 Å². The first-order chi connectivity index (χ1) is 13.2. The number of aliphatic hydroxyl groups excluding tert-OH is 1. The number of hydrogen-bond acceptors (Lipinski definition) is 6. The highest BCUT2D eigenvalue weighted by atomic mass is 35.5. The average Bonchev–Trinajstić information content (AvgIpc) is 2.69. The molecule has 28 heavy (non-hydrogen) atoms. The molecule has 1 unspecified atom stereocenters. The SMILES string of the molecule is CCCc1cc(N2CCCCC2CCO)nc(Nc2cccc(C#N)c2)n1.Cl. The third kappa shape index (κ3) is 5.57. The summed E-state index contributed by atoms with van der Waals surface area (Å²) in [4.78, 5) is 11.7. The molecule has 6 nitrogen and oxygen atoms in total. The van der Waals surface area contributed by atoms with E-state index < -0.39 is 0 Å². The molecule has 1 atom stereocenters. The molecule has 0 amide bonds. The lowest BCUT2D eigenvalue weighted by molar-refractivity contribution is 0.262. The van der Waals surface area contributed by atoms with Crippen LogP contribution in [-0.4, -0.2) is 34.3 Å². The van der Waals surface area contributed by atoms with Crippen LogP contribution in [0.5, 0.6) is 0 Å². The van der Waals surface area contributed by atoms with E-state index in [0.717, 1.165) is 55.8 Å². The van der Waals surface area contributed by atoms with Crippen LogP contribution in [0.1, 0.15) is 50.3 Å². The normalized spacial score (nSPS) is 16.2. The molecular weight excluding hydrogens is 374 g/mol. The number of benzene rings is 1. The predicted octanol–water partition coefficient (Wildman–Crippen LogP) is 4.21. The van der Waals surface area contributed by atoms with Gasteiger partial charge in [0.25, 0.3) is 0 Å². The number of rotatable bonds is 7. The fourth-order valence-corrected chi connectivity index (χ4v) is 3.62. The first-order valence-corrected chi connectivity index (χ1v) is 9.76. The van der Waals surface area contributed by atoms with Crippen molar-refractivity contribution >= 4 is 29.9 Å². The van der Waals surface area contributed by atoms with Crippen LogP contribution < -0.4 is 10.2 Å². The van der Waals surface area contributed by atoms with Gasteiger partial charge in [-0.2, -0.15) is 10.2 Å². The smallest absolute Gasteiger partial charge is 0.229 e. The van der Waals surface area contributed by atoms with Crippen LogP contribution in [0.15, 0.2) is 30.3 Å². The van der Waals surface area contributed by atoms with Crippen molar-refractivity contribution in [1.29, 1.82) is 5.26 Å². The van der Waals surface area contributed by atoms with Crippen LogP contribution in [0.3, 0.4) is 0 Å². The van der Waals surface area contributed by atoms with Gasteiger partial charge in [0, 0.05) is 36.6 Å². The molecule has 3 rings (SSSR count). The minimum Gasteiger partial charge on any atom is -0.396 e. The Bertz CT molecular complexity index is 806. The summed E-state index contributed by atoms with van der Waals surface area (Å²) in [5.41, 5.74) is 2.41. The lowest BCUT2D eigenvalue weighted by Gasteiger charge is -2.36. The minimum absolute atomic E-state index is 0. The molecule has 2 aromatic rings. The summed E-state index contributed by atoms with van der Waals surface area (Å²) in [6.07, 6.45) is 6.09. The van der Waals surface area contributed by atoms with E-state index in [-0.39, 0.29) is 19.0 Å². The Labute approximate surface area is 173 Å².